The molecular formula is C22H38N3O4-. The molecule has 1 unspecified atom stereocenters. The fourth-order valence-corrected chi connectivity index (χ4v) is 4.68. The van der Waals surface area contributed by atoms with Gasteiger partial charge in [-0.3, -0.25) is 0 Å². The Hall–Kier alpha value is -1.47. The van der Waals surface area contributed by atoms with E-state index in [4.69, 9.17) is 9.26 Å². The number of carboxylic acid groups (broad SMARTS) is 1. The van der Waals surface area contributed by atoms with Crippen LogP contribution < -0.4 is 10.4 Å². The Balaban J connectivity index is 1.96. The molecule has 0 spiro atoms. The first kappa shape index (κ1) is 23.8. The first-order chi connectivity index (χ1) is 13.8. The van der Waals surface area contributed by atoms with Crippen LogP contribution in [0.4, 0.5) is 0 Å². The molecule has 0 aromatic carbocycles. The molecule has 7 nitrogen and oxygen atoms in total. The van der Waals surface area contributed by atoms with Gasteiger partial charge in [0.05, 0.1) is 13.2 Å². The Morgan fingerprint density at radius 3 is 2.66 bits per heavy atom. The minimum Gasteiger partial charge on any atom is -0.550 e. The Morgan fingerprint density at radius 1 is 1.31 bits per heavy atom. The lowest BCUT2D eigenvalue weighted by Gasteiger charge is -2.48. The van der Waals surface area contributed by atoms with Crippen molar-refractivity contribution in [1.82, 2.24) is 15.5 Å². The number of carbonyl (C=O) groups is 1. The summed E-state index contributed by atoms with van der Waals surface area (Å²) in [6, 6.07) is 0. The summed E-state index contributed by atoms with van der Waals surface area (Å²) in [5, 5.41) is 18.4. The van der Waals surface area contributed by atoms with Crippen molar-refractivity contribution in [3.05, 3.63) is 11.7 Å². The molecule has 1 saturated carbocycles. The number of aromatic nitrogens is 2. The van der Waals surface area contributed by atoms with Gasteiger partial charge in [0.15, 0.2) is 5.82 Å². The monoisotopic (exact) mass is 408 g/mol. The zero-order valence-corrected chi connectivity index (χ0v) is 18.6. The third-order valence-corrected chi connectivity index (χ3v) is 6.62. The predicted molar refractivity (Wildman–Crippen MR) is 109 cm³/mol. The second-order valence-electron chi connectivity index (χ2n) is 9.47. The Bertz CT molecular complexity index is 618. The second kappa shape index (κ2) is 11.1. The van der Waals surface area contributed by atoms with Crippen LogP contribution in [0.1, 0.15) is 96.2 Å². The molecule has 0 amide bonds. The van der Waals surface area contributed by atoms with Crippen molar-refractivity contribution in [2.24, 2.45) is 10.8 Å². The van der Waals surface area contributed by atoms with Gasteiger partial charge >= 0.3 is 0 Å². The maximum Gasteiger partial charge on any atom is 0.230 e. The average molecular weight is 409 g/mol. The summed E-state index contributed by atoms with van der Waals surface area (Å²) in [4.78, 5) is 15.7. The molecule has 0 radical (unpaired) electrons. The topological polar surface area (TPSA) is 100 Å². The molecule has 0 saturated heterocycles. The predicted octanol–water partition coefficient (Wildman–Crippen LogP) is 3.20. The zero-order chi connectivity index (χ0) is 21.3. The first-order valence-corrected chi connectivity index (χ1v) is 11.0. The Morgan fingerprint density at radius 2 is 2.03 bits per heavy atom. The fourth-order valence-electron chi connectivity index (χ4n) is 4.68. The van der Waals surface area contributed by atoms with Gasteiger partial charge in [-0.25, -0.2) is 0 Å². The molecule has 166 valence electrons. The number of rotatable bonds is 12. The molecule has 1 heterocycles. The lowest BCUT2D eigenvalue weighted by molar-refractivity contribution is -0.306. The van der Waals surface area contributed by atoms with Crippen molar-refractivity contribution >= 4 is 5.97 Å². The van der Waals surface area contributed by atoms with Crippen LogP contribution in [-0.2, 0) is 16.1 Å². The molecule has 1 fully saturated rings. The number of methoxy groups -OCH3 is 1. The van der Waals surface area contributed by atoms with E-state index < -0.39 is 5.97 Å². The van der Waals surface area contributed by atoms with Crippen LogP contribution in [0.25, 0.3) is 0 Å². The molecule has 1 aliphatic carbocycles. The summed E-state index contributed by atoms with van der Waals surface area (Å²) in [6.07, 6.45) is 9.16. The number of carbonyl (C=O) groups excluding carboxylic acids is 1. The average Bonchev–Trinajstić information content (AvgIpc) is 3.13. The lowest BCUT2D eigenvalue weighted by Crippen LogP contribution is -2.37. The van der Waals surface area contributed by atoms with E-state index in [-0.39, 0.29) is 17.8 Å². The van der Waals surface area contributed by atoms with Gasteiger partial charge < -0.3 is 24.5 Å². The van der Waals surface area contributed by atoms with E-state index >= 15 is 0 Å². The molecule has 1 N–H and O–H groups in total. The van der Waals surface area contributed by atoms with Crippen LogP contribution in [0, 0.1) is 10.8 Å². The number of ether oxygens (including phenoxy) is 1. The summed E-state index contributed by atoms with van der Waals surface area (Å²) in [5.74, 6) is -0.416. The highest BCUT2D eigenvalue weighted by molar-refractivity contribution is 5.65. The normalized spacial score (nSPS) is 17.9. The highest BCUT2D eigenvalue weighted by Gasteiger charge is 2.41. The van der Waals surface area contributed by atoms with E-state index in [1.807, 2.05) is 0 Å². The van der Waals surface area contributed by atoms with Gasteiger partial charge in [0.2, 0.25) is 5.89 Å². The quantitative estimate of drug-likeness (QED) is 0.530. The van der Waals surface area contributed by atoms with Gasteiger partial charge in [-0.15, -0.1) is 0 Å². The van der Waals surface area contributed by atoms with Gasteiger partial charge in [0.25, 0.3) is 0 Å². The molecule has 0 aliphatic heterocycles. The Kier molecular flexibility index (Phi) is 9.08. The van der Waals surface area contributed by atoms with Crippen LogP contribution in [0.5, 0.6) is 0 Å². The van der Waals surface area contributed by atoms with E-state index in [1.165, 1.54) is 32.1 Å². The van der Waals surface area contributed by atoms with Crippen molar-refractivity contribution in [2.75, 3.05) is 20.3 Å². The number of hydrogen-bond acceptors (Lipinski definition) is 7. The van der Waals surface area contributed by atoms with E-state index in [0.717, 1.165) is 19.3 Å². The highest BCUT2D eigenvalue weighted by Crippen LogP contribution is 2.53. The minimum absolute atomic E-state index is 0.0821. The summed E-state index contributed by atoms with van der Waals surface area (Å²) < 4.78 is 10.4. The summed E-state index contributed by atoms with van der Waals surface area (Å²) in [7, 11) is 1.65. The number of nitrogens with zero attached hydrogens (tertiary/aromatic N) is 2. The number of aliphatic carboxylic acids is 1. The van der Waals surface area contributed by atoms with E-state index in [9.17, 15) is 9.90 Å². The standard InChI is InChI=1S/C22H39N3O4/c1-21(2,3)22(10-6-5-7-11-22)12-8-9-17(15-19(26)27)20-24-18(25-29-20)16-23-13-14-28-4/h17,23H,5-16H2,1-4H3,(H,26,27)/p-1. The molecule has 1 atom stereocenters. The van der Waals surface area contributed by atoms with Crippen molar-refractivity contribution in [1.29, 1.82) is 0 Å². The van der Waals surface area contributed by atoms with Gasteiger partial charge in [-0.2, -0.15) is 4.98 Å². The molecule has 1 aromatic heterocycles. The van der Waals surface area contributed by atoms with E-state index in [1.54, 1.807) is 7.11 Å². The lowest BCUT2D eigenvalue weighted by atomic mass is 9.57. The number of hydrogen-bond donors (Lipinski definition) is 1. The Labute approximate surface area is 175 Å². The third-order valence-electron chi connectivity index (χ3n) is 6.62. The first-order valence-electron chi connectivity index (χ1n) is 11.0. The van der Waals surface area contributed by atoms with Gasteiger partial charge in [-0.1, -0.05) is 51.6 Å². The van der Waals surface area contributed by atoms with Crippen LogP contribution in [0.2, 0.25) is 0 Å². The van der Waals surface area contributed by atoms with E-state index in [2.05, 4.69) is 36.2 Å². The van der Waals surface area contributed by atoms with Crippen molar-refractivity contribution in [3.63, 3.8) is 0 Å². The molecule has 7 heteroatoms. The molecule has 2 rings (SSSR count). The molecule has 29 heavy (non-hydrogen) atoms. The minimum atomic E-state index is -1.07. The molecule has 1 aliphatic rings. The van der Waals surface area contributed by atoms with Crippen LogP contribution in [-0.4, -0.2) is 36.4 Å². The largest absolute Gasteiger partial charge is 0.550 e. The summed E-state index contributed by atoms with van der Waals surface area (Å²) in [5.41, 5.74) is 0.589. The smallest absolute Gasteiger partial charge is 0.230 e. The van der Waals surface area contributed by atoms with Crippen molar-refractivity contribution < 1.29 is 19.2 Å². The second-order valence-corrected chi connectivity index (χ2v) is 9.47. The van der Waals surface area contributed by atoms with Crippen LogP contribution in [0.15, 0.2) is 4.52 Å². The molecule has 0 bridgehead atoms. The maximum absolute atomic E-state index is 11.3. The van der Waals surface area contributed by atoms with Crippen LogP contribution >= 0.6 is 0 Å². The van der Waals surface area contributed by atoms with Crippen molar-refractivity contribution in [2.45, 2.75) is 91.0 Å². The number of nitrogens with one attached hydrogen (secondary N) is 1. The number of carboxylic acids is 1. The zero-order valence-electron chi connectivity index (χ0n) is 18.6. The fraction of sp³-hybridized carbons (Fsp3) is 0.864. The SMILES string of the molecule is COCCNCc1noc(C(CCCC2(C(C)(C)C)CCCCC2)CC(=O)[O-])n1. The van der Waals surface area contributed by atoms with Gasteiger partial charge in [0, 0.05) is 25.5 Å². The van der Waals surface area contributed by atoms with Gasteiger partial charge in [0.1, 0.15) is 0 Å². The van der Waals surface area contributed by atoms with Crippen LogP contribution in [0.3, 0.4) is 0 Å². The van der Waals surface area contributed by atoms with Gasteiger partial charge in [-0.05, 0) is 42.9 Å². The van der Waals surface area contributed by atoms with E-state index in [0.29, 0.717) is 36.8 Å². The molecule has 1 aromatic rings. The third kappa shape index (κ3) is 7.07. The maximum atomic E-state index is 11.3. The van der Waals surface area contributed by atoms with Crippen molar-refractivity contribution in [3.8, 4) is 0 Å². The summed E-state index contributed by atoms with van der Waals surface area (Å²) in [6.45, 7) is 8.80. The summed E-state index contributed by atoms with van der Waals surface area (Å²) >= 11 is 0. The molecular weight excluding hydrogens is 370 g/mol. The highest BCUT2D eigenvalue weighted by atomic mass is 16.5.